The Morgan fingerprint density at radius 3 is 2.72 bits per heavy atom. The van der Waals surface area contributed by atoms with Crippen LogP contribution in [0.2, 0.25) is 0 Å². The molecule has 2 atom stereocenters. The fourth-order valence-corrected chi connectivity index (χ4v) is 2.63. The number of anilines is 1. The lowest BCUT2D eigenvalue weighted by molar-refractivity contribution is -0.141. The van der Waals surface area contributed by atoms with Crippen LogP contribution in [-0.4, -0.2) is 35.1 Å². The number of aliphatic carboxylic acids is 1. The normalized spacial score (nSPS) is 24.6. The largest absolute Gasteiger partial charge is 0.481 e. The van der Waals surface area contributed by atoms with E-state index in [1.54, 1.807) is 0 Å². The van der Waals surface area contributed by atoms with Gasteiger partial charge in [0.1, 0.15) is 0 Å². The zero-order valence-corrected chi connectivity index (χ0v) is 10.8. The van der Waals surface area contributed by atoms with Crippen LogP contribution in [0.3, 0.4) is 0 Å². The smallest absolute Gasteiger partial charge is 0.308 e. The van der Waals surface area contributed by atoms with E-state index in [-0.39, 0.29) is 11.8 Å². The van der Waals surface area contributed by atoms with Gasteiger partial charge in [0.2, 0.25) is 0 Å². The third kappa shape index (κ3) is 2.48. The second kappa shape index (κ2) is 4.98. The van der Waals surface area contributed by atoms with Crippen molar-refractivity contribution in [2.24, 2.45) is 5.92 Å². The summed E-state index contributed by atoms with van der Waals surface area (Å²) in [5, 5.41) is 9.36. The van der Waals surface area contributed by atoms with E-state index in [1.165, 1.54) is 0 Å². The summed E-state index contributed by atoms with van der Waals surface area (Å²) in [5.74, 6) is -1.02. The number of hydrogen-bond acceptors (Lipinski definition) is 3. The third-order valence-electron chi connectivity index (χ3n) is 3.73. The Hall–Kier alpha value is -1.55. The van der Waals surface area contributed by atoms with Gasteiger partial charge in [-0.05, 0) is 31.5 Å². The molecule has 0 aliphatic carbocycles. The minimum absolute atomic E-state index is 0.0356. The summed E-state index contributed by atoms with van der Waals surface area (Å²) >= 11 is 0. The SMILES string of the molecule is CC(C)N1CC(C(=O)O)C(c2cccc(N)c2)C1. The topological polar surface area (TPSA) is 66.6 Å². The molecule has 98 valence electrons. The lowest BCUT2D eigenvalue weighted by atomic mass is 9.89. The molecule has 0 aromatic heterocycles. The van der Waals surface area contributed by atoms with Crippen LogP contribution >= 0.6 is 0 Å². The Kier molecular flexibility index (Phi) is 3.57. The molecular formula is C14H20N2O2. The first kappa shape index (κ1) is 12.9. The number of likely N-dealkylation sites (tertiary alicyclic amines) is 1. The highest BCUT2D eigenvalue weighted by molar-refractivity contribution is 5.72. The van der Waals surface area contributed by atoms with E-state index in [4.69, 9.17) is 5.73 Å². The van der Waals surface area contributed by atoms with Gasteiger partial charge >= 0.3 is 5.97 Å². The van der Waals surface area contributed by atoms with Crippen LogP contribution in [0.1, 0.15) is 25.3 Å². The van der Waals surface area contributed by atoms with E-state index < -0.39 is 5.97 Å². The molecule has 4 heteroatoms. The van der Waals surface area contributed by atoms with E-state index in [2.05, 4.69) is 18.7 Å². The summed E-state index contributed by atoms with van der Waals surface area (Å²) in [6, 6.07) is 7.96. The zero-order chi connectivity index (χ0) is 13.3. The van der Waals surface area contributed by atoms with Crippen LogP contribution < -0.4 is 5.73 Å². The molecule has 2 unspecified atom stereocenters. The highest BCUT2D eigenvalue weighted by atomic mass is 16.4. The first-order chi connectivity index (χ1) is 8.49. The van der Waals surface area contributed by atoms with Gasteiger partial charge in [-0.3, -0.25) is 9.69 Å². The Bertz CT molecular complexity index is 445. The number of carboxylic acid groups (broad SMARTS) is 1. The fourth-order valence-electron chi connectivity index (χ4n) is 2.63. The molecule has 1 aromatic carbocycles. The molecule has 2 rings (SSSR count). The standard InChI is InChI=1S/C14H20N2O2/c1-9(2)16-7-12(13(8-16)14(17)18)10-4-3-5-11(15)6-10/h3-6,9,12-13H,7-8,15H2,1-2H3,(H,17,18). The number of nitrogen functional groups attached to an aromatic ring is 1. The molecule has 0 spiro atoms. The number of carboxylic acids is 1. The van der Waals surface area contributed by atoms with Gasteiger partial charge in [-0.1, -0.05) is 12.1 Å². The van der Waals surface area contributed by atoms with Crippen LogP contribution in [0.4, 0.5) is 5.69 Å². The molecule has 1 aromatic rings. The predicted octanol–water partition coefficient (Wildman–Crippen LogP) is 1.78. The molecule has 0 saturated carbocycles. The van der Waals surface area contributed by atoms with E-state index in [1.807, 2.05) is 24.3 Å². The van der Waals surface area contributed by atoms with Crippen molar-refractivity contribution in [3.8, 4) is 0 Å². The second-order valence-corrected chi connectivity index (χ2v) is 5.27. The molecule has 1 saturated heterocycles. The molecule has 1 fully saturated rings. The van der Waals surface area contributed by atoms with Gasteiger partial charge in [-0.15, -0.1) is 0 Å². The summed E-state index contributed by atoms with van der Waals surface area (Å²) in [5.41, 5.74) is 7.51. The molecule has 0 radical (unpaired) electrons. The summed E-state index contributed by atoms with van der Waals surface area (Å²) in [7, 11) is 0. The number of carbonyl (C=O) groups is 1. The minimum Gasteiger partial charge on any atom is -0.481 e. The van der Waals surface area contributed by atoms with E-state index >= 15 is 0 Å². The lowest BCUT2D eigenvalue weighted by Crippen LogP contribution is -2.29. The lowest BCUT2D eigenvalue weighted by Gasteiger charge is -2.20. The van der Waals surface area contributed by atoms with Gasteiger partial charge in [0, 0.05) is 30.7 Å². The molecule has 18 heavy (non-hydrogen) atoms. The molecule has 1 heterocycles. The summed E-state index contributed by atoms with van der Waals surface area (Å²) in [4.78, 5) is 13.6. The molecule has 0 bridgehead atoms. The van der Waals surface area contributed by atoms with Gasteiger partial charge in [0.15, 0.2) is 0 Å². The first-order valence-corrected chi connectivity index (χ1v) is 6.31. The van der Waals surface area contributed by atoms with Gasteiger partial charge in [-0.2, -0.15) is 0 Å². The molecule has 1 aliphatic heterocycles. The van der Waals surface area contributed by atoms with Crippen LogP contribution in [0, 0.1) is 5.92 Å². The number of rotatable bonds is 3. The Morgan fingerprint density at radius 1 is 1.44 bits per heavy atom. The van der Waals surface area contributed by atoms with Crippen molar-refractivity contribution in [3.05, 3.63) is 29.8 Å². The predicted molar refractivity (Wildman–Crippen MR) is 71.4 cm³/mol. The molecular weight excluding hydrogens is 228 g/mol. The number of hydrogen-bond donors (Lipinski definition) is 2. The molecule has 3 N–H and O–H groups in total. The van der Waals surface area contributed by atoms with Crippen molar-refractivity contribution in [1.82, 2.24) is 4.90 Å². The van der Waals surface area contributed by atoms with Crippen molar-refractivity contribution in [1.29, 1.82) is 0 Å². The Balaban J connectivity index is 2.27. The quantitative estimate of drug-likeness (QED) is 0.800. The van der Waals surface area contributed by atoms with E-state index in [0.717, 1.165) is 12.1 Å². The summed E-state index contributed by atoms with van der Waals surface area (Å²) in [6.45, 7) is 5.60. The average Bonchev–Trinajstić information content (AvgIpc) is 2.73. The zero-order valence-electron chi connectivity index (χ0n) is 10.8. The highest BCUT2D eigenvalue weighted by Gasteiger charge is 2.39. The fraction of sp³-hybridized carbons (Fsp3) is 0.500. The van der Waals surface area contributed by atoms with E-state index in [9.17, 15) is 9.90 Å². The van der Waals surface area contributed by atoms with Gasteiger partial charge in [0.25, 0.3) is 0 Å². The Labute approximate surface area is 107 Å². The molecule has 4 nitrogen and oxygen atoms in total. The second-order valence-electron chi connectivity index (χ2n) is 5.27. The van der Waals surface area contributed by atoms with Crippen LogP contribution in [0.25, 0.3) is 0 Å². The van der Waals surface area contributed by atoms with Crippen molar-refractivity contribution >= 4 is 11.7 Å². The van der Waals surface area contributed by atoms with Crippen LogP contribution in [0.5, 0.6) is 0 Å². The number of nitrogens with zero attached hydrogens (tertiary/aromatic N) is 1. The highest BCUT2D eigenvalue weighted by Crippen LogP contribution is 2.34. The van der Waals surface area contributed by atoms with Crippen molar-refractivity contribution in [2.45, 2.75) is 25.8 Å². The molecule has 1 aliphatic rings. The van der Waals surface area contributed by atoms with Crippen molar-refractivity contribution in [3.63, 3.8) is 0 Å². The third-order valence-corrected chi connectivity index (χ3v) is 3.73. The van der Waals surface area contributed by atoms with Crippen molar-refractivity contribution in [2.75, 3.05) is 18.8 Å². The van der Waals surface area contributed by atoms with Gasteiger partial charge < -0.3 is 10.8 Å². The van der Waals surface area contributed by atoms with Crippen molar-refractivity contribution < 1.29 is 9.90 Å². The Morgan fingerprint density at radius 2 is 2.17 bits per heavy atom. The number of nitrogens with two attached hydrogens (primary N) is 1. The maximum absolute atomic E-state index is 11.4. The maximum Gasteiger partial charge on any atom is 0.308 e. The number of benzene rings is 1. The van der Waals surface area contributed by atoms with Crippen LogP contribution in [-0.2, 0) is 4.79 Å². The maximum atomic E-state index is 11.4. The van der Waals surface area contributed by atoms with Crippen LogP contribution in [0.15, 0.2) is 24.3 Å². The first-order valence-electron chi connectivity index (χ1n) is 6.31. The summed E-state index contributed by atoms with van der Waals surface area (Å²) in [6.07, 6.45) is 0. The summed E-state index contributed by atoms with van der Waals surface area (Å²) < 4.78 is 0. The minimum atomic E-state index is -0.717. The average molecular weight is 248 g/mol. The van der Waals surface area contributed by atoms with Gasteiger partial charge in [0.05, 0.1) is 5.92 Å². The van der Waals surface area contributed by atoms with E-state index in [0.29, 0.717) is 18.3 Å². The monoisotopic (exact) mass is 248 g/mol. The van der Waals surface area contributed by atoms with Gasteiger partial charge in [-0.25, -0.2) is 0 Å². The molecule has 0 amide bonds.